The van der Waals surface area contributed by atoms with Gasteiger partial charge in [-0.15, -0.1) is 13.2 Å². The highest BCUT2D eigenvalue weighted by atomic mass is 32.2. The van der Waals surface area contributed by atoms with Crippen LogP contribution in [0.2, 0.25) is 0 Å². The predicted octanol–water partition coefficient (Wildman–Crippen LogP) is 4.28. The minimum absolute atomic E-state index is 0.191. The lowest BCUT2D eigenvalue weighted by Crippen LogP contribution is -2.32. The van der Waals surface area contributed by atoms with E-state index in [0.29, 0.717) is 11.3 Å². The summed E-state index contributed by atoms with van der Waals surface area (Å²) < 4.78 is 39.9. The van der Waals surface area contributed by atoms with Crippen LogP contribution in [0.4, 0.5) is 18.9 Å². The molecule has 0 amide bonds. The molecule has 1 aromatic carbocycles. The van der Waals surface area contributed by atoms with Gasteiger partial charge in [0.2, 0.25) is 0 Å². The lowest BCUT2D eigenvalue weighted by atomic mass is 10.1. The summed E-state index contributed by atoms with van der Waals surface area (Å²) in [5.41, 5.74) is 0.828. The number of alkyl halides is 3. The minimum Gasteiger partial charge on any atom is -0.406 e. The normalized spacial score (nSPS) is 24.0. The number of hydrogen-bond acceptors (Lipinski definition) is 3. The molecule has 1 saturated heterocycles. The number of nitrogens with one attached hydrogen (secondary N) is 1. The molecule has 0 aliphatic carbocycles. The molecule has 1 aliphatic heterocycles. The van der Waals surface area contributed by atoms with Crippen molar-refractivity contribution in [1.82, 2.24) is 0 Å². The smallest absolute Gasteiger partial charge is 0.406 e. The second kappa shape index (κ2) is 5.94. The molecule has 1 N–H and O–H groups in total. The van der Waals surface area contributed by atoms with Gasteiger partial charge in [-0.25, -0.2) is 0 Å². The van der Waals surface area contributed by atoms with Gasteiger partial charge in [-0.1, -0.05) is 6.92 Å². The molecular weight excluding hydrogens is 275 g/mol. The molecule has 0 spiro atoms. The highest BCUT2D eigenvalue weighted by molar-refractivity contribution is 8.00. The van der Waals surface area contributed by atoms with E-state index in [4.69, 9.17) is 0 Å². The summed E-state index contributed by atoms with van der Waals surface area (Å²) in [7, 11) is 0. The Balaban J connectivity index is 1.94. The van der Waals surface area contributed by atoms with Crippen LogP contribution in [-0.2, 0) is 0 Å². The molecule has 106 valence electrons. The Labute approximate surface area is 114 Å². The second-order valence-electron chi connectivity index (χ2n) is 4.54. The topological polar surface area (TPSA) is 21.3 Å². The van der Waals surface area contributed by atoms with Crippen LogP contribution >= 0.6 is 11.8 Å². The zero-order valence-corrected chi connectivity index (χ0v) is 11.4. The van der Waals surface area contributed by atoms with Crippen LogP contribution in [0, 0.1) is 0 Å². The molecule has 0 bridgehead atoms. The molecule has 1 aromatic rings. The number of rotatable bonds is 3. The standard InChI is InChI=1S/C13H16F3NOS/c1-9-12(3-2-8-19-9)17-10-4-6-11(7-5-10)18-13(14,15)16/h4-7,9,12,17H,2-3,8H2,1H3. The van der Waals surface area contributed by atoms with Crippen LogP contribution < -0.4 is 10.1 Å². The van der Waals surface area contributed by atoms with Crippen molar-refractivity contribution in [3.8, 4) is 5.75 Å². The molecule has 0 saturated carbocycles. The van der Waals surface area contributed by atoms with Crippen molar-refractivity contribution in [3.05, 3.63) is 24.3 Å². The van der Waals surface area contributed by atoms with E-state index in [2.05, 4.69) is 17.0 Å². The zero-order valence-electron chi connectivity index (χ0n) is 10.5. The van der Waals surface area contributed by atoms with Gasteiger partial charge in [-0.2, -0.15) is 11.8 Å². The summed E-state index contributed by atoms with van der Waals surface area (Å²) in [6.07, 6.45) is -2.37. The quantitative estimate of drug-likeness (QED) is 0.898. The maximum absolute atomic E-state index is 12.0. The summed E-state index contributed by atoms with van der Waals surface area (Å²) >= 11 is 1.92. The third-order valence-electron chi connectivity index (χ3n) is 3.05. The SMILES string of the molecule is CC1SCCCC1Nc1ccc(OC(F)(F)F)cc1. The third kappa shape index (κ3) is 4.53. The molecule has 0 aromatic heterocycles. The van der Waals surface area contributed by atoms with Crippen molar-refractivity contribution in [3.63, 3.8) is 0 Å². The van der Waals surface area contributed by atoms with Crippen LogP contribution in [0.15, 0.2) is 24.3 Å². The first-order valence-corrected chi connectivity index (χ1v) is 7.23. The molecule has 2 unspecified atom stereocenters. The first-order chi connectivity index (χ1) is 8.94. The first kappa shape index (κ1) is 14.4. The number of thioether (sulfide) groups is 1. The Kier molecular flexibility index (Phi) is 4.50. The maximum Gasteiger partial charge on any atom is 0.573 e. The van der Waals surface area contributed by atoms with E-state index in [-0.39, 0.29) is 5.75 Å². The average molecular weight is 291 g/mol. The van der Waals surface area contributed by atoms with E-state index < -0.39 is 6.36 Å². The Morgan fingerprint density at radius 3 is 2.53 bits per heavy atom. The fourth-order valence-corrected chi connectivity index (χ4v) is 3.22. The number of anilines is 1. The molecule has 6 heteroatoms. The minimum atomic E-state index is -4.64. The van der Waals surface area contributed by atoms with E-state index in [1.165, 1.54) is 24.3 Å². The van der Waals surface area contributed by atoms with Gasteiger partial charge in [0.15, 0.2) is 0 Å². The maximum atomic E-state index is 12.0. The molecule has 2 atom stereocenters. The highest BCUT2D eigenvalue weighted by Crippen LogP contribution is 2.29. The van der Waals surface area contributed by atoms with Crippen LogP contribution in [0.1, 0.15) is 19.8 Å². The van der Waals surface area contributed by atoms with E-state index >= 15 is 0 Å². The summed E-state index contributed by atoms with van der Waals surface area (Å²) in [5, 5.41) is 3.88. The fourth-order valence-electron chi connectivity index (χ4n) is 2.08. The van der Waals surface area contributed by atoms with Crippen molar-refractivity contribution >= 4 is 17.4 Å². The number of benzene rings is 1. The van der Waals surface area contributed by atoms with Gasteiger partial charge >= 0.3 is 6.36 Å². The van der Waals surface area contributed by atoms with E-state index in [0.717, 1.165) is 12.1 Å². The summed E-state index contributed by atoms with van der Waals surface area (Å²) in [4.78, 5) is 0. The lowest BCUT2D eigenvalue weighted by molar-refractivity contribution is -0.274. The Morgan fingerprint density at radius 2 is 1.95 bits per heavy atom. The van der Waals surface area contributed by atoms with Crippen LogP contribution in [0.3, 0.4) is 0 Å². The van der Waals surface area contributed by atoms with Crippen molar-refractivity contribution < 1.29 is 17.9 Å². The van der Waals surface area contributed by atoms with Crippen LogP contribution in [0.5, 0.6) is 5.75 Å². The largest absolute Gasteiger partial charge is 0.573 e. The summed E-state index contributed by atoms with van der Waals surface area (Å²) in [6, 6.07) is 6.26. The molecule has 1 aliphatic rings. The van der Waals surface area contributed by atoms with Gasteiger partial charge in [-0.3, -0.25) is 0 Å². The van der Waals surface area contributed by atoms with Crippen molar-refractivity contribution in [1.29, 1.82) is 0 Å². The Hall–Kier alpha value is -1.04. The van der Waals surface area contributed by atoms with Crippen molar-refractivity contribution in [2.24, 2.45) is 0 Å². The third-order valence-corrected chi connectivity index (χ3v) is 4.43. The molecule has 0 radical (unpaired) electrons. The van der Waals surface area contributed by atoms with E-state index in [1.807, 2.05) is 11.8 Å². The highest BCUT2D eigenvalue weighted by Gasteiger charge is 2.31. The van der Waals surface area contributed by atoms with E-state index in [9.17, 15) is 13.2 Å². The number of hydrogen-bond donors (Lipinski definition) is 1. The first-order valence-electron chi connectivity index (χ1n) is 6.18. The van der Waals surface area contributed by atoms with Crippen molar-refractivity contribution in [2.45, 2.75) is 37.4 Å². The molecular formula is C13H16F3NOS. The number of ether oxygens (including phenoxy) is 1. The average Bonchev–Trinajstić information content (AvgIpc) is 2.33. The van der Waals surface area contributed by atoms with Gasteiger partial charge in [-0.05, 0) is 42.9 Å². The monoisotopic (exact) mass is 291 g/mol. The second-order valence-corrected chi connectivity index (χ2v) is 6.03. The molecule has 19 heavy (non-hydrogen) atoms. The predicted molar refractivity (Wildman–Crippen MR) is 71.7 cm³/mol. The number of halogens is 3. The van der Waals surface area contributed by atoms with Crippen molar-refractivity contribution in [2.75, 3.05) is 11.1 Å². The van der Waals surface area contributed by atoms with Gasteiger partial charge in [0.05, 0.1) is 0 Å². The Morgan fingerprint density at radius 1 is 1.26 bits per heavy atom. The molecule has 2 rings (SSSR count). The summed E-state index contributed by atoms with van der Waals surface area (Å²) in [5.74, 6) is 0.988. The summed E-state index contributed by atoms with van der Waals surface area (Å²) in [6.45, 7) is 2.17. The molecule has 1 fully saturated rings. The van der Waals surface area contributed by atoms with Crippen LogP contribution in [0.25, 0.3) is 0 Å². The van der Waals surface area contributed by atoms with Gasteiger partial charge in [0.1, 0.15) is 5.75 Å². The van der Waals surface area contributed by atoms with E-state index in [1.54, 1.807) is 12.1 Å². The van der Waals surface area contributed by atoms with Crippen LogP contribution in [-0.4, -0.2) is 23.4 Å². The zero-order chi connectivity index (χ0) is 13.9. The molecule has 1 heterocycles. The van der Waals surface area contributed by atoms with Gasteiger partial charge < -0.3 is 10.1 Å². The lowest BCUT2D eigenvalue weighted by Gasteiger charge is -2.30. The molecule has 2 nitrogen and oxygen atoms in total. The fraction of sp³-hybridized carbons (Fsp3) is 0.538. The van der Waals surface area contributed by atoms with Gasteiger partial charge in [0.25, 0.3) is 0 Å². The van der Waals surface area contributed by atoms with Gasteiger partial charge in [0, 0.05) is 17.0 Å². The Bertz CT molecular complexity index is 407.